The predicted octanol–water partition coefficient (Wildman–Crippen LogP) is 2.54. The largest absolute Gasteiger partial charge is 0.364 e. The zero-order chi connectivity index (χ0) is 21.1. The molecule has 0 bridgehead atoms. The second-order valence-electron chi connectivity index (χ2n) is 6.24. The molecule has 0 saturated heterocycles. The van der Waals surface area contributed by atoms with Crippen LogP contribution in [-0.2, 0) is 0 Å². The first-order valence-corrected chi connectivity index (χ1v) is 8.96. The molecule has 8 nitrogen and oxygen atoms in total. The number of benzene rings is 2. The van der Waals surface area contributed by atoms with Crippen LogP contribution in [0.15, 0.2) is 48.8 Å². The Morgan fingerprint density at radius 2 is 1.76 bits per heavy atom. The third-order valence-electron chi connectivity index (χ3n) is 4.22. The number of aryl methyl sites for hydroxylation is 1. The number of hydrogen-bond acceptors (Lipinski definition) is 4. The van der Waals surface area contributed by atoms with Gasteiger partial charge in [0.2, 0.25) is 0 Å². The van der Waals surface area contributed by atoms with E-state index in [1.165, 1.54) is 17.9 Å². The van der Waals surface area contributed by atoms with E-state index in [0.717, 1.165) is 5.56 Å². The SMILES string of the molecule is CNC(=O)c1ncn(-c2ccc(NC(=O)c3ccc(C)cc3Cl)cc2)c1C(N)=O. The van der Waals surface area contributed by atoms with Crippen molar-refractivity contribution in [2.75, 3.05) is 12.4 Å². The molecule has 1 heterocycles. The van der Waals surface area contributed by atoms with Gasteiger partial charge in [-0.3, -0.25) is 19.0 Å². The van der Waals surface area contributed by atoms with Gasteiger partial charge in [-0.2, -0.15) is 0 Å². The van der Waals surface area contributed by atoms with Crippen LogP contribution in [0.4, 0.5) is 5.69 Å². The monoisotopic (exact) mass is 411 g/mol. The molecule has 2 aromatic carbocycles. The van der Waals surface area contributed by atoms with Gasteiger partial charge in [0.1, 0.15) is 12.0 Å². The van der Waals surface area contributed by atoms with Crippen molar-refractivity contribution in [3.8, 4) is 5.69 Å². The Morgan fingerprint density at radius 3 is 2.34 bits per heavy atom. The number of nitrogens with two attached hydrogens (primary N) is 1. The molecule has 3 amide bonds. The summed E-state index contributed by atoms with van der Waals surface area (Å²) in [6.45, 7) is 1.89. The van der Waals surface area contributed by atoms with Gasteiger partial charge in [-0.25, -0.2) is 4.98 Å². The van der Waals surface area contributed by atoms with Crippen molar-refractivity contribution < 1.29 is 14.4 Å². The van der Waals surface area contributed by atoms with E-state index in [9.17, 15) is 14.4 Å². The molecule has 0 aliphatic rings. The lowest BCUT2D eigenvalue weighted by atomic mass is 10.1. The van der Waals surface area contributed by atoms with E-state index in [4.69, 9.17) is 17.3 Å². The van der Waals surface area contributed by atoms with E-state index in [2.05, 4.69) is 15.6 Å². The maximum atomic E-state index is 12.4. The summed E-state index contributed by atoms with van der Waals surface area (Å²) in [5.74, 6) is -1.64. The lowest BCUT2D eigenvalue weighted by Crippen LogP contribution is -2.25. The van der Waals surface area contributed by atoms with Crippen molar-refractivity contribution in [2.45, 2.75) is 6.92 Å². The third-order valence-corrected chi connectivity index (χ3v) is 4.53. The number of carbonyl (C=O) groups excluding carboxylic acids is 3. The van der Waals surface area contributed by atoms with E-state index in [1.807, 2.05) is 6.92 Å². The number of anilines is 1. The van der Waals surface area contributed by atoms with Gasteiger partial charge >= 0.3 is 0 Å². The van der Waals surface area contributed by atoms with E-state index < -0.39 is 11.8 Å². The van der Waals surface area contributed by atoms with Gasteiger partial charge < -0.3 is 16.4 Å². The van der Waals surface area contributed by atoms with Crippen LogP contribution >= 0.6 is 11.6 Å². The summed E-state index contributed by atoms with van der Waals surface area (Å²) in [6, 6.07) is 11.8. The van der Waals surface area contributed by atoms with Crippen LogP contribution in [0.25, 0.3) is 5.69 Å². The number of carbonyl (C=O) groups is 3. The molecule has 3 rings (SSSR count). The molecule has 4 N–H and O–H groups in total. The first kappa shape index (κ1) is 20.1. The fraction of sp³-hybridized carbons (Fsp3) is 0.100. The molecule has 0 aliphatic heterocycles. The summed E-state index contributed by atoms with van der Waals surface area (Å²) in [5.41, 5.74) is 7.73. The maximum absolute atomic E-state index is 12.4. The Morgan fingerprint density at radius 1 is 1.07 bits per heavy atom. The highest BCUT2D eigenvalue weighted by molar-refractivity contribution is 6.34. The first-order valence-electron chi connectivity index (χ1n) is 8.59. The van der Waals surface area contributed by atoms with Crippen molar-refractivity contribution in [3.05, 3.63) is 76.3 Å². The van der Waals surface area contributed by atoms with Gasteiger partial charge in [-0.1, -0.05) is 17.7 Å². The van der Waals surface area contributed by atoms with Crippen LogP contribution in [0.3, 0.4) is 0 Å². The molecule has 0 atom stereocenters. The average molecular weight is 412 g/mol. The molecule has 0 saturated carbocycles. The van der Waals surface area contributed by atoms with E-state index >= 15 is 0 Å². The van der Waals surface area contributed by atoms with Gasteiger partial charge in [0.15, 0.2) is 5.69 Å². The molecule has 9 heteroatoms. The highest BCUT2D eigenvalue weighted by Crippen LogP contribution is 2.21. The molecule has 3 aromatic rings. The number of hydrogen-bond donors (Lipinski definition) is 3. The minimum absolute atomic E-state index is 0.0347. The van der Waals surface area contributed by atoms with E-state index in [1.54, 1.807) is 42.5 Å². The van der Waals surface area contributed by atoms with Gasteiger partial charge in [0, 0.05) is 18.4 Å². The number of primary amides is 1. The number of rotatable bonds is 5. The minimum Gasteiger partial charge on any atom is -0.364 e. The lowest BCUT2D eigenvalue weighted by molar-refractivity contribution is 0.0937. The normalized spacial score (nSPS) is 10.4. The Kier molecular flexibility index (Phi) is 5.65. The molecule has 1 aromatic heterocycles. The molecule has 0 radical (unpaired) electrons. The summed E-state index contributed by atoms with van der Waals surface area (Å²) in [7, 11) is 1.43. The van der Waals surface area contributed by atoms with Crippen molar-refractivity contribution in [2.24, 2.45) is 5.73 Å². The Bertz CT molecular complexity index is 1110. The van der Waals surface area contributed by atoms with E-state index in [0.29, 0.717) is 22.0 Å². The van der Waals surface area contributed by atoms with Gasteiger partial charge in [-0.05, 0) is 48.9 Å². The molecule has 0 unspecified atom stereocenters. The average Bonchev–Trinajstić information content (AvgIpc) is 3.13. The number of imidazole rings is 1. The summed E-state index contributed by atoms with van der Waals surface area (Å²) in [4.78, 5) is 40.1. The Hall–Kier alpha value is -3.65. The molecule has 0 aliphatic carbocycles. The second-order valence-corrected chi connectivity index (χ2v) is 6.65. The zero-order valence-corrected chi connectivity index (χ0v) is 16.4. The van der Waals surface area contributed by atoms with Crippen molar-refractivity contribution >= 4 is 35.0 Å². The highest BCUT2D eigenvalue weighted by atomic mass is 35.5. The summed E-state index contributed by atoms with van der Waals surface area (Å²) in [6.07, 6.45) is 1.34. The number of nitrogens with zero attached hydrogens (tertiary/aromatic N) is 2. The fourth-order valence-electron chi connectivity index (χ4n) is 2.77. The summed E-state index contributed by atoms with van der Waals surface area (Å²) >= 11 is 6.14. The maximum Gasteiger partial charge on any atom is 0.272 e. The minimum atomic E-state index is -0.785. The quantitative estimate of drug-likeness (QED) is 0.597. The first-order chi connectivity index (χ1) is 13.8. The number of nitrogens with one attached hydrogen (secondary N) is 2. The number of halogens is 1. The smallest absolute Gasteiger partial charge is 0.272 e. The Labute approximate surface area is 171 Å². The van der Waals surface area contributed by atoms with Gasteiger partial charge in [0.05, 0.1) is 10.6 Å². The molecular formula is C20H18ClN5O3. The third kappa shape index (κ3) is 4.12. The van der Waals surface area contributed by atoms with Gasteiger partial charge in [0.25, 0.3) is 17.7 Å². The Balaban J connectivity index is 1.86. The van der Waals surface area contributed by atoms with Crippen molar-refractivity contribution in [3.63, 3.8) is 0 Å². The number of amides is 3. The predicted molar refractivity (Wildman–Crippen MR) is 110 cm³/mol. The van der Waals surface area contributed by atoms with Crippen molar-refractivity contribution in [1.82, 2.24) is 14.9 Å². The van der Waals surface area contributed by atoms with Crippen molar-refractivity contribution in [1.29, 1.82) is 0 Å². The molecule has 0 fully saturated rings. The standard InChI is InChI=1S/C20H18ClN5O3/c1-11-3-8-14(15(21)9-11)19(28)25-12-4-6-13(7-5-12)26-10-24-16(20(29)23-2)17(26)18(22)27/h3-10H,1-2H3,(H2,22,27)(H,23,29)(H,25,28). The summed E-state index contributed by atoms with van der Waals surface area (Å²) < 4.78 is 1.41. The second kappa shape index (κ2) is 8.15. The van der Waals surface area contributed by atoms with Crippen LogP contribution in [-0.4, -0.2) is 34.3 Å². The van der Waals surface area contributed by atoms with Crippen LogP contribution in [0.5, 0.6) is 0 Å². The lowest BCUT2D eigenvalue weighted by Gasteiger charge is -2.10. The van der Waals surface area contributed by atoms with Gasteiger partial charge in [-0.15, -0.1) is 0 Å². The van der Waals surface area contributed by atoms with Crippen LogP contribution in [0, 0.1) is 6.92 Å². The fourth-order valence-corrected chi connectivity index (χ4v) is 3.09. The molecule has 0 spiro atoms. The van der Waals surface area contributed by atoms with Crippen LogP contribution in [0.1, 0.15) is 36.9 Å². The molecular weight excluding hydrogens is 394 g/mol. The van der Waals surface area contributed by atoms with E-state index in [-0.39, 0.29) is 17.3 Å². The topological polar surface area (TPSA) is 119 Å². The zero-order valence-electron chi connectivity index (χ0n) is 15.7. The molecule has 29 heavy (non-hydrogen) atoms. The summed E-state index contributed by atoms with van der Waals surface area (Å²) in [5, 5.41) is 5.54. The molecule has 148 valence electrons. The number of aromatic nitrogens is 2. The van der Waals surface area contributed by atoms with Crippen LogP contribution in [0.2, 0.25) is 5.02 Å². The highest BCUT2D eigenvalue weighted by Gasteiger charge is 2.22. The van der Waals surface area contributed by atoms with Crippen LogP contribution < -0.4 is 16.4 Å².